The van der Waals surface area contributed by atoms with Crippen molar-refractivity contribution in [3.63, 3.8) is 0 Å². The van der Waals surface area contributed by atoms with Crippen molar-refractivity contribution in [2.24, 2.45) is 0 Å². The highest BCUT2D eigenvalue weighted by molar-refractivity contribution is 5.94. The van der Waals surface area contributed by atoms with Gasteiger partial charge < -0.3 is 30.3 Å². The Kier molecular flexibility index (Phi) is 6.79. The molecule has 3 rings (SSSR count). The molecule has 1 heterocycles. The molecule has 0 aromatic heterocycles. The number of Topliss-reactive ketones (excluding diaryl/α,β-unsaturated/α-hetero) is 1. The van der Waals surface area contributed by atoms with Crippen molar-refractivity contribution in [1.29, 1.82) is 0 Å². The fraction of sp³-hybridized carbons (Fsp3) is 0.409. The van der Waals surface area contributed by atoms with E-state index in [9.17, 15) is 30.3 Å². The Morgan fingerprint density at radius 2 is 1.59 bits per heavy atom. The summed E-state index contributed by atoms with van der Waals surface area (Å²) in [6, 6.07) is 12.6. The number of ether oxygens (including phenoxy) is 1. The zero-order valence-corrected chi connectivity index (χ0v) is 16.1. The lowest BCUT2D eigenvalue weighted by Gasteiger charge is -2.40. The average Bonchev–Trinajstić information content (AvgIpc) is 2.73. The van der Waals surface area contributed by atoms with Crippen molar-refractivity contribution < 1.29 is 35.1 Å². The molecule has 0 spiro atoms. The van der Waals surface area contributed by atoms with E-state index in [-0.39, 0.29) is 12.4 Å². The Hall–Kier alpha value is -2.13. The predicted octanol–water partition coefficient (Wildman–Crippen LogP) is 0.487. The van der Waals surface area contributed by atoms with Gasteiger partial charge in [-0.3, -0.25) is 4.79 Å². The fourth-order valence-electron chi connectivity index (χ4n) is 3.61. The molecule has 7 heteroatoms. The van der Waals surface area contributed by atoms with Crippen molar-refractivity contribution in [3.05, 3.63) is 70.3 Å². The van der Waals surface area contributed by atoms with Gasteiger partial charge >= 0.3 is 0 Å². The first-order chi connectivity index (χ1) is 13.8. The Morgan fingerprint density at radius 3 is 2.17 bits per heavy atom. The molecule has 1 saturated heterocycles. The van der Waals surface area contributed by atoms with E-state index in [0.29, 0.717) is 23.1 Å². The van der Waals surface area contributed by atoms with E-state index < -0.39 is 37.1 Å². The SMILES string of the molecule is CC(=O)c1ccc(Cc2ccc(CO)c([C@@H]3O[C@H](CO)[C@@H](O)[C@H](O)[C@H]3O)c2)cc1. The maximum absolute atomic E-state index is 11.4. The zero-order chi connectivity index (χ0) is 21.1. The molecule has 0 unspecified atom stereocenters. The first kappa shape index (κ1) is 21.6. The Labute approximate surface area is 168 Å². The van der Waals surface area contributed by atoms with Crippen LogP contribution >= 0.6 is 0 Å². The van der Waals surface area contributed by atoms with Gasteiger partial charge in [-0.25, -0.2) is 0 Å². The first-order valence-electron chi connectivity index (χ1n) is 9.48. The summed E-state index contributed by atoms with van der Waals surface area (Å²) >= 11 is 0. The number of carbonyl (C=O) groups excluding carboxylic acids is 1. The van der Waals surface area contributed by atoms with Crippen molar-refractivity contribution >= 4 is 5.78 Å². The third kappa shape index (κ3) is 4.56. The first-order valence-corrected chi connectivity index (χ1v) is 9.48. The molecule has 2 aromatic carbocycles. The van der Waals surface area contributed by atoms with E-state index >= 15 is 0 Å². The zero-order valence-electron chi connectivity index (χ0n) is 16.1. The molecular weight excluding hydrogens is 376 g/mol. The topological polar surface area (TPSA) is 127 Å². The molecule has 1 aliphatic heterocycles. The summed E-state index contributed by atoms with van der Waals surface area (Å²) in [5, 5.41) is 49.6. The van der Waals surface area contributed by atoms with Crippen LogP contribution in [0.5, 0.6) is 0 Å². The maximum atomic E-state index is 11.4. The lowest BCUT2D eigenvalue weighted by Crippen LogP contribution is -2.55. The van der Waals surface area contributed by atoms with Gasteiger partial charge in [0.25, 0.3) is 0 Å². The normalized spacial score (nSPS) is 27.0. The average molecular weight is 402 g/mol. The van der Waals surface area contributed by atoms with E-state index in [0.717, 1.165) is 11.1 Å². The summed E-state index contributed by atoms with van der Waals surface area (Å²) in [4.78, 5) is 11.4. The van der Waals surface area contributed by atoms with Crippen molar-refractivity contribution in [3.8, 4) is 0 Å². The third-order valence-electron chi connectivity index (χ3n) is 5.35. The second-order valence-electron chi connectivity index (χ2n) is 7.37. The van der Waals surface area contributed by atoms with Gasteiger partial charge in [0.15, 0.2) is 5.78 Å². The van der Waals surface area contributed by atoms with Gasteiger partial charge in [-0.2, -0.15) is 0 Å². The van der Waals surface area contributed by atoms with Gasteiger partial charge in [-0.1, -0.05) is 42.5 Å². The van der Waals surface area contributed by atoms with E-state index in [4.69, 9.17) is 4.74 Å². The minimum Gasteiger partial charge on any atom is -0.394 e. The lowest BCUT2D eigenvalue weighted by molar-refractivity contribution is -0.232. The quantitative estimate of drug-likeness (QED) is 0.445. The molecule has 0 amide bonds. The Bertz CT molecular complexity index is 847. The molecule has 156 valence electrons. The summed E-state index contributed by atoms with van der Waals surface area (Å²) in [5.41, 5.74) is 3.50. The van der Waals surface area contributed by atoms with Crippen LogP contribution in [-0.2, 0) is 17.8 Å². The highest BCUT2D eigenvalue weighted by Crippen LogP contribution is 2.35. The van der Waals surface area contributed by atoms with Crippen LogP contribution in [0.1, 0.15) is 45.6 Å². The molecule has 2 aromatic rings. The van der Waals surface area contributed by atoms with Gasteiger partial charge in [0.05, 0.1) is 13.2 Å². The van der Waals surface area contributed by atoms with Crippen molar-refractivity contribution in [2.75, 3.05) is 6.61 Å². The van der Waals surface area contributed by atoms with E-state index in [1.165, 1.54) is 6.92 Å². The second kappa shape index (κ2) is 9.13. The number of aliphatic hydroxyl groups excluding tert-OH is 5. The van der Waals surface area contributed by atoms with Crippen molar-refractivity contribution in [1.82, 2.24) is 0 Å². The molecule has 0 bridgehead atoms. The molecule has 0 radical (unpaired) electrons. The third-order valence-corrected chi connectivity index (χ3v) is 5.35. The van der Waals surface area contributed by atoms with Crippen LogP contribution in [0.3, 0.4) is 0 Å². The number of benzene rings is 2. The van der Waals surface area contributed by atoms with Gasteiger partial charge in [0.2, 0.25) is 0 Å². The Morgan fingerprint density at radius 1 is 0.931 bits per heavy atom. The summed E-state index contributed by atoms with van der Waals surface area (Å²) in [7, 11) is 0. The summed E-state index contributed by atoms with van der Waals surface area (Å²) < 4.78 is 5.65. The van der Waals surface area contributed by atoms with Crippen LogP contribution in [0.25, 0.3) is 0 Å². The van der Waals surface area contributed by atoms with Crippen LogP contribution in [0.2, 0.25) is 0 Å². The van der Waals surface area contributed by atoms with Gasteiger partial charge in [0, 0.05) is 5.56 Å². The number of carbonyl (C=O) groups is 1. The van der Waals surface area contributed by atoms with Gasteiger partial charge in [-0.15, -0.1) is 0 Å². The summed E-state index contributed by atoms with van der Waals surface area (Å²) in [6.07, 6.45) is -5.82. The maximum Gasteiger partial charge on any atom is 0.159 e. The number of rotatable bonds is 6. The standard InChI is InChI=1S/C22H26O7/c1-12(25)15-5-2-13(3-6-15)8-14-4-7-16(10-23)17(9-14)22-21(28)20(27)19(26)18(11-24)29-22/h2-7,9,18-24,26-28H,8,10-11H2,1H3/t18-,19-,20+,21-,22+/m1/s1. The van der Waals surface area contributed by atoms with Crippen LogP contribution < -0.4 is 0 Å². The minimum absolute atomic E-state index is 0.00578. The molecule has 1 aliphatic rings. The van der Waals surface area contributed by atoms with Crippen LogP contribution in [0, 0.1) is 0 Å². The number of hydrogen-bond donors (Lipinski definition) is 5. The number of aliphatic hydroxyl groups is 5. The van der Waals surface area contributed by atoms with E-state index in [1.54, 1.807) is 24.3 Å². The van der Waals surface area contributed by atoms with Crippen LogP contribution in [0.4, 0.5) is 0 Å². The molecule has 29 heavy (non-hydrogen) atoms. The lowest BCUT2D eigenvalue weighted by atomic mass is 9.88. The smallest absolute Gasteiger partial charge is 0.159 e. The van der Waals surface area contributed by atoms with Crippen molar-refractivity contribution in [2.45, 2.75) is 50.5 Å². The van der Waals surface area contributed by atoms with Crippen LogP contribution in [0.15, 0.2) is 42.5 Å². The molecule has 5 N–H and O–H groups in total. The fourth-order valence-corrected chi connectivity index (χ4v) is 3.61. The van der Waals surface area contributed by atoms with Gasteiger partial charge in [0.1, 0.15) is 30.5 Å². The van der Waals surface area contributed by atoms with Gasteiger partial charge in [-0.05, 0) is 35.6 Å². The molecule has 7 nitrogen and oxygen atoms in total. The summed E-state index contributed by atoms with van der Waals surface area (Å²) in [5.74, 6) is -0.00578. The molecular formula is C22H26O7. The second-order valence-corrected chi connectivity index (χ2v) is 7.37. The number of hydrogen-bond acceptors (Lipinski definition) is 7. The summed E-state index contributed by atoms with van der Waals surface area (Å²) in [6.45, 7) is 0.700. The van der Waals surface area contributed by atoms with Crippen LogP contribution in [-0.4, -0.2) is 62.3 Å². The molecule has 5 atom stereocenters. The van der Waals surface area contributed by atoms with E-state index in [1.807, 2.05) is 18.2 Å². The molecule has 0 saturated carbocycles. The van der Waals surface area contributed by atoms with E-state index in [2.05, 4.69) is 0 Å². The highest BCUT2D eigenvalue weighted by Gasteiger charge is 2.44. The Balaban J connectivity index is 1.89. The minimum atomic E-state index is -1.49. The molecule has 0 aliphatic carbocycles. The number of ketones is 1. The predicted molar refractivity (Wildman–Crippen MR) is 104 cm³/mol. The molecule has 1 fully saturated rings. The highest BCUT2D eigenvalue weighted by atomic mass is 16.5. The monoisotopic (exact) mass is 402 g/mol. The largest absolute Gasteiger partial charge is 0.394 e.